The lowest BCUT2D eigenvalue weighted by molar-refractivity contribution is 0.529. The third-order valence-corrected chi connectivity index (χ3v) is 3.16. The van der Waals surface area contributed by atoms with E-state index < -0.39 is 0 Å². The number of nitrogens with zero attached hydrogens (tertiary/aromatic N) is 3. The van der Waals surface area contributed by atoms with Crippen molar-refractivity contribution in [1.29, 1.82) is 0 Å². The van der Waals surface area contributed by atoms with E-state index >= 15 is 0 Å². The number of hydrogen-bond donors (Lipinski definition) is 1. The van der Waals surface area contributed by atoms with E-state index in [-0.39, 0.29) is 0 Å². The minimum Gasteiger partial charge on any atom is -0.368 e. The Hall–Kier alpha value is -1.32. The standard InChI is InChI=1S/C12H20N4/c1-3-4-10-5-6-16(8-10)11-7-9(2)14-12(13)15-11/h7,10H,3-6,8H2,1-2H3,(H2,13,14,15). The van der Waals surface area contributed by atoms with Crippen LogP contribution >= 0.6 is 0 Å². The van der Waals surface area contributed by atoms with Gasteiger partial charge in [0.2, 0.25) is 5.95 Å². The zero-order valence-corrected chi connectivity index (χ0v) is 10.1. The number of aryl methyl sites for hydroxylation is 1. The lowest BCUT2D eigenvalue weighted by Crippen LogP contribution is -2.21. The van der Waals surface area contributed by atoms with E-state index in [1.165, 1.54) is 19.3 Å². The number of hydrogen-bond acceptors (Lipinski definition) is 4. The highest BCUT2D eigenvalue weighted by atomic mass is 15.2. The van der Waals surface area contributed by atoms with E-state index in [4.69, 9.17) is 5.73 Å². The van der Waals surface area contributed by atoms with Crippen molar-refractivity contribution in [1.82, 2.24) is 9.97 Å². The molecule has 1 unspecified atom stereocenters. The number of anilines is 2. The van der Waals surface area contributed by atoms with Crippen LogP contribution < -0.4 is 10.6 Å². The molecule has 16 heavy (non-hydrogen) atoms. The van der Waals surface area contributed by atoms with E-state index in [1.54, 1.807) is 0 Å². The third kappa shape index (κ3) is 2.43. The molecule has 0 amide bonds. The second kappa shape index (κ2) is 4.68. The SMILES string of the molecule is CCCC1CCN(c2cc(C)nc(N)n2)C1. The molecule has 1 aromatic heterocycles. The Kier molecular flexibility index (Phi) is 3.27. The maximum absolute atomic E-state index is 5.67. The Morgan fingerprint density at radius 3 is 3.00 bits per heavy atom. The molecule has 4 heteroatoms. The van der Waals surface area contributed by atoms with E-state index in [2.05, 4.69) is 21.8 Å². The monoisotopic (exact) mass is 220 g/mol. The second-order valence-electron chi connectivity index (χ2n) is 4.62. The maximum atomic E-state index is 5.67. The molecule has 1 fully saturated rings. The van der Waals surface area contributed by atoms with Gasteiger partial charge in [0.15, 0.2) is 0 Å². The zero-order chi connectivity index (χ0) is 11.5. The average molecular weight is 220 g/mol. The molecule has 0 aliphatic carbocycles. The lowest BCUT2D eigenvalue weighted by atomic mass is 10.0. The molecule has 1 saturated heterocycles. The molecular formula is C12H20N4. The Bertz CT molecular complexity index is 344. The van der Waals surface area contributed by atoms with Gasteiger partial charge in [0.05, 0.1) is 0 Å². The summed E-state index contributed by atoms with van der Waals surface area (Å²) in [6.07, 6.45) is 3.86. The van der Waals surface area contributed by atoms with Gasteiger partial charge in [0.25, 0.3) is 0 Å². The Balaban J connectivity index is 2.08. The first-order valence-electron chi connectivity index (χ1n) is 6.05. The smallest absolute Gasteiger partial charge is 0.222 e. The molecule has 2 rings (SSSR count). The highest BCUT2D eigenvalue weighted by Crippen LogP contribution is 2.25. The van der Waals surface area contributed by atoms with Gasteiger partial charge < -0.3 is 10.6 Å². The highest BCUT2D eigenvalue weighted by molar-refractivity contribution is 5.44. The van der Waals surface area contributed by atoms with Gasteiger partial charge in [-0.3, -0.25) is 0 Å². The van der Waals surface area contributed by atoms with Crippen LogP contribution in [0.3, 0.4) is 0 Å². The summed E-state index contributed by atoms with van der Waals surface area (Å²) in [6, 6.07) is 2.02. The van der Waals surface area contributed by atoms with Crippen LogP contribution in [0.25, 0.3) is 0 Å². The fourth-order valence-corrected chi connectivity index (χ4v) is 2.42. The summed E-state index contributed by atoms with van der Waals surface area (Å²) < 4.78 is 0. The molecule has 1 aliphatic rings. The van der Waals surface area contributed by atoms with Crippen molar-refractivity contribution < 1.29 is 0 Å². The van der Waals surface area contributed by atoms with Gasteiger partial charge in [-0.2, -0.15) is 4.98 Å². The molecule has 0 saturated carbocycles. The van der Waals surface area contributed by atoms with Crippen LogP contribution in [-0.2, 0) is 0 Å². The largest absolute Gasteiger partial charge is 0.368 e. The molecule has 88 valence electrons. The van der Waals surface area contributed by atoms with Gasteiger partial charge in [-0.1, -0.05) is 13.3 Å². The number of aromatic nitrogens is 2. The van der Waals surface area contributed by atoms with Crippen LogP contribution in [0.5, 0.6) is 0 Å². The summed E-state index contributed by atoms with van der Waals surface area (Å²) in [5.41, 5.74) is 6.62. The van der Waals surface area contributed by atoms with Crippen LogP contribution in [-0.4, -0.2) is 23.1 Å². The van der Waals surface area contributed by atoms with Gasteiger partial charge in [-0.05, 0) is 25.7 Å². The minimum absolute atomic E-state index is 0.383. The third-order valence-electron chi connectivity index (χ3n) is 3.16. The van der Waals surface area contributed by atoms with Crippen molar-refractivity contribution in [3.8, 4) is 0 Å². The minimum atomic E-state index is 0.383. The second-order valence-corrected chi connectivity index (χ2v) is 4.62. The molecule has 0 bridgehead atoms. The van der Waals surface area contributed by atoms with Crippen molar-refractivity contribution in [2.75, 3.05) is 23.7 Å². The first-order valence-corrected chi connectivity index (χ1v) is 6.05. The van der Waals surface area contributed by atoms with Gasteiger partial charge in [0.1, 0.15) is 5.82 Å². The van der Waals surface area contributed by atoms with Crippen LogP contribution in [0.4, 0.5) is 11.8 Å². The number of nitrogen functional groups attached to an aromatic ring is 1. The van der Waals surface area contributed by atoms with E-state index in [9.17, 15) is 0 Å². The van der Waals surface area contributed by atoms with Crippen molar-refractivity contribution in [2.24, 2.45) is 5.92 Å². The Morgan fingerprint density at radius 2 is 2.31 bits per heavy atom. The number of nitrogens with two attached hydrogens (primary N) is 1. The molecule has 2 heterocycles. The lowest BCUT2D eigenvalue weighted by Gasteiger charge is -2.17. The van der Waals surface area contributed by atoms with Gasteiger partial charge in [0, 0.05) is 24.8 Å². The van der Waals surface area contributed by atoms with Crippen LogP contribution in [0.1, 0.15) is 31.9 Å². The zero-order valence-electron chi connectivity index (χ0n) is 10.1. The number of rotatable bonds is 3. The fourth-order valence-electron chi connectivity index (χ4n) is 2.42. The molecule has 0 spiro atoms. The van der Waals surface area contributed by atoms with Crippen LogP contribution in [0.15, 0.2) is 6.07 Å². The molecular weight excluding hydrogens is 200 g/mol. The molecule has 2 N–H and O–H groups in total. The first-order chi connectivity index (χ1) is 7.69. The van der Waals surface area contributed by atoms with E-state index in [0.717, 1.165) is 30.5 Å². The van der Waals surface area contributed by atoms with Crippen molar-refractivity contribution in [2.45, 2.75) is 33.1 Å². The van der Waals surface area contributed by atoms with Crippen molar-refractivity contribution in [3.63, 3.8) is 0 Å². The maximum Gasteiger partial charge on any atom is 0.222 e. The quantitative estimate of drug-likeness (QED) is 0.846. The topological polar surface area (TPSA) is 55.0 Å². The Labute approximate surface area is 96.9 Å². The molecule has 1 atom stereocenters. The first kappa shape index (κ1) is 11.2. The van der Waals surface area contributed by atoms with Crippen LogP contribution in [0, 0.1) is 12.8 Å². The summed E-state index contributed by atoms with van der Waals surface area (Å²) in [6.45, 7) is 6.42. The van der Waals surface area contributed by atoms with E-state index in [0.29, 0.717) is 5.95 Å². The van der Waals surface area contributed by atoms with Crippen molar-refractivity contribution in [3.05, 3.63) is 11.8 Å². The van der Waals surface area contributed by atoms with Gasteiger partial charge in [-0.15, -0.1) is 0 Å². The summed E-state index contributed by atoms with van der Waals surface area (Å²) in [7, 11) is 0. The van der Waals surface area contributed by atoms with Gasteiger partial charge >= 0.3 is 0 Å². The normalized spacial score (nSPS) is 20.4. The molecule has 0 aromatic carbocycles. The predicted molar refractivity (Wildman–Crippen MR) is 66.4 cm³/mol. The molecule has 1 aromatic rings. The van der Waals surface area contributed by atoms with Gasteiger partial charge in [-0.25, -0.2) is 4.98 Å². The highest BCUT2D eigenvalue weighted by Gasteiger charge is 2.22. The summed E-state index contributed by atoms with van der Waals surface area (Å²) >= 11 is 0. The summed E-state index contributed by atoms with van der Waals surface area (Å²) in [5, 5.41) is 0. The van der Waals surface area contributed by atoms with Crippen LogP contribution in [0.2, 0.25) is 0 Å². The molecule has 4 nitrogen and oxygen atoms in total. The fraction of sp³-hybridized carbons (Fsp3) is 0.667. The Morgan fingerprint density at radius 1 is 1.50 bits per heavy atom. The summed E-state index contributed by atoms with van der Waals surface area (Å²) in [5.74, 6) is 2.19. The predicted octanol–water partition coefficient (Wildman–Crippen LogP) is 1.99. The summed E-state index contributed by atoms with van der Waals surface area (Å²) in [4.78, 5) is 10.7. The average Bonchev–Trinajstić information content (AvgIpc) is 2.65. The van der Waals surface area contributed by atoms with Crippen molar-refractivity contribution >= 4 is 11.8 Å². The van der Waals surface area contributed by atoms with E-state index in [1.807, 2.05) is 13.0 Å². The molecule has 1 aliphatic heterocycles. The molecule has 0 radical (unpaired) electrons.